The molecule has 1 saturated heterocycles. The maximum absolute atomic E-state index is 13.3. The van der Waals surface area contributed by atoms with Crippen LogP contribution in [0.4, 0.5) is 0 Å². The first-order valence-electron chi connectivity index (χ1n) is 8.64. The molecule has 7 nitrogen and oxygen atoms in total. The third-order valence-electron chi connectivity index (χ3n) is 4.39. The fourth-order valence-corrected chi connectivity index (χ4v) is 5.77. The van der Waals surface area contributed by atoms with Gasteiger partial charge in [0.15, 0.2) is 5.76 Å². The van der Waals surface area contributed by atoms with Gasteiger partial charge in [-0.25, -0.2) is 8.42 Å². The van der Waals surface area contributed by atoms with Gasteiger partial charge in [-0.15, -0.1) is 11.3 Å². The van der Waals surface area contributed by atoms with Gasteiger partial charge < -0.3 is 9.26 Å². The van der Waals surface area contributed by atoms with Gasteiger partial charge in [-0.2, -0.15) is 4.31 Å². The zero-order valence-corrected chi connectivity index (χ0v) is 16.2. The standard InChI is InChI=1S/C18H19N3O4S2/c22-27(23,18-10-14(13-26-18)17-6-8-20-25-17)21(12-16-5-3-9-24-16)11-15-4-1-2-7-19-15/h1-2,4,6-8,10,13,16H,3,5,9,11-12H2. The van der Waals surface area contributed by atoms with Gasteiger partial charge in [0.25, 0.3) is 10.0 Å². The Hall–Kier alpha value is -2.07. The molecule has 27 heavy (non-hydrogen) atoms. The van der Waals surface area contributed by atoms with Crippen LogP contribution in [0.3, 0.4) is 0 Å². The predicted octanol–water partition coefficient (Wildman–Crippen LogP) is 3.17. The monoisotopic (exact) mass is 405 g/mol. The number of nitrogens with zero attached hydrogens (tertiary/aromatic N) is 3. The number of rotatable bonds is 7. The summed E-state index contributed by atoms with van der Waals surface area (Å²) in [5.74, 6) is 0.545. The second kappa shape index (κ2) is 7.89. The van der Waals surface area contributed by atoms with Crippen molar-refractivity contribution >= 4 is 21.4 Å². The number of thiophene rings is 1. The number of sulfonamides is 1. The molecule has 142 valence electrons. The minimum Gasteiger partial charge on any atom is -0.377 e. The highest BCUT2D eigenvalue weighted by Crippen LogP contribution is 2.31. The molecule has 9 heteroatoms. The number of aromatic nitrogens is 2. The van der Waals surface area contributed by atoms with E-state index in [-0.39, 0.29) is 16.9 Å². The highest BCUT2D eigenvalue weighted by atomic mass is 32.2. The molecule has 0 spiro atoms. The lowest BCUT2D eigenvalue weighted by Gasteiger charge is -2.23. The lowest BCUT2D eigenvalue weighted by atomic mass is 10.2. The van der Waals surface area contributed by atoms with Gasteiger partial charge in [-0.1, -0.05) is 11.2 Å². The van der Waals surface area contributed by atoms with Crippen molar-refractivity contribution in [2.24, 2.45) is 0 Å². The van der Waals surface area contributed by atoms with Crippen molar-refractivity contribution in [3.05, 3.63) is 53.8 Å². The molecule has 0 bridgehead atoms. The van der Waals surface area contributed by atoms with Crippen LogP contribution >= 0.6 is 11.3 Å². The van der Waals surface area contributed by atoms with Crippen molar-refractivity contribution < 1.29 is 17.7 Å². The van der Waals surface area contributed by atoms with Gasteiger partial charge in [0.2, 0.25) is 0 Å². The molecule has 4 rings (SSSR count). The quantitative estimate of drug-likeness (QED) is 0.600. The van der Waals surface area contributed by atoms with E-state index in [0.29, 0.717) is 30.2 Å². The van der Waals surface area contributed by atoms with Crippen molar-refractivity contribution in [2.75, 3.05) is 13.2 Å². The molecule has 1 atom stereocenters. The fourth-order valence-electron chi connectivity index (χ4n) is 3.01. The summed E-state index contributed by atoms with van der Waals surface area (Å²) in [6, 6.07) is 8.82. The molecule has 0 radical (unpaired) electrons. The maximum atomic E-state index is 13.3. The van der Waals surface area contributed by atoms with Crippen molar-refractivity contribution in [3.8, 4) is 11.3 Å². The average Bonchev–Trinajstić information content (AvgIpc) is 3.42. The highest BCUT2D eigenvalue weighted by molar-refractivity contribution is 7.91. The Morgan fingerprint density at radius 3 is 2.89 bits per heavy atom. The first kappa shape index (κ1) is 18.3. The average molecular weight is 406 g/mol. The lowest BCUT2D eigenvalue weighted by molar-refractivity contribution is 0.0924. The van der Waals surface area contributed by atoms with Gasteiger partial charge in [-0.3, -0.25) is 4.98 Å². The summed E-state index contributed by atoms with van der Waals surface area (Å²) in [4.78, 5) is 4.28. The molecule has 0 aliphatic carbocycles. The molecule has 1 aliphatic heterocycles. The molecule has 0 amide bonds. The van der Waals surface area contributed by atoms with Gasteiger partial charge in [-0.05, 0) is 31.0 Å². The molecular formula is C18H19N3O4S2. The molecule has 0 N–H and O–H groups in total. The van der Waals surface area contributed by atoms with Crippen molar-refractivity contribution in [3.63, 3.8) is 0 Å². The van der Waals surface area contributed by atoms with Gasteiger partial charge >= 0.3 is 0 Å². The van der Waals surface area contributed by atoms with E-state index in [0.717, 1.165) is 12.8 Å². The van der Waals surface area contributed by atoms with E-state index in [1.807, 2.05) is 18.2 Å². The smallest absolute Gasteiger partial charge is 0.253 e. The number of hydrogen-bond acceptors (Lipinski definition) is 7. The van der Waals surface area contributed by atoms with Crippen LogP contribution in [0, 0.1) is 0 Å². The zero-order valence-electron chi connectivity index (χ0n) is 14.5. The van der Waals surface area contributed by atoms with E-state index < -0.39 is 10.0 Å². The van der Waals surface area contributed by atoms with Crippen LogP contribution in [0.1, 0.15) is 18.5 Å². The van der Waals surface area contributed by atoms with E-state index in [4.69, 9.17) is 9.26 Å². The van der Waals surface area contributed by atoms with E-state index in [1.54, 1.807) is 23.7 Å². The molecule has 4 heterocycles. The summed E-state index contributed by atoms with van der Waals surface area (Å²) in [6.07, 6.45) is 4.93. The van der Waals surface area contributed by atoms with Crippen LogP contribution in [0.5, 0.6) is 0 Å². The molecule has 1 fully saturated rings. The van der Waals surface area contributed by atoms with Crippen LogP contribution in [0.2, 0.25) is 0 Å². The lowest BCUT2D eigenvalue weighted by Crippen LogP contribution is -2.36. The first-order chi connectivity index (χ1) is 13.1. The Morgan fingerprint density at radius 1 is 1.26 bits per heavy atom. The molecule has 3 aromatic heterocycles. The van der Waals surface area contributed by atoms with Crippen LogP contribution < -0.4 is 0 Å². The fraction of sp³-hybridized carbons (Fsp3) is 0.333. The summed E-state index contributed by atoms with van der Waals surface area (Å²) in [5, 5.41) is 5.44. The summed E-state index contributed by atoms with van der Waals surface area (Å²) < 4.78 is 39.2. The second-order valence-electron chi connectivity index (χ2n) is 6.28. The summed E-state index contributed by atoms with van der Waals surface area (Å²) in [6.45, 7) is 1.20. The van der Waals surface area contributed by atoms with Crippen LogP contribution in [-0.2, 0) is 21.3 Å². The van der Waals surface area contributed by atoms with E-state index in [1.165, 1.54) is 21.8 Å². The van der Waals surface area contributed by atoms with E-state index in [2.05, 4.69) is 10.1 Å². The van der Waals surface area contributed by atoms with Crippen molar-refractivity contribution in [1.82, 2.24) is 14.4 Å². The second-order valence-corrected chi connectivity index (χ2v) is 9.36. The molecule has 3 aromatic rings. The Balaban J connectivity index is 1.62. The van der Waals surface area contributed by atoms with E-state index in [9.17, 15) is 8.42 Å². The minimum atomic E-state index is -3.69. The van der Waals surface area contributed by atoms with Gasteiger partial charge in [0.05, 0.1) is 24.5 Å². The normalized spacial score (nSPS) is 17.6. The van der Waals surface area contributed by atoms with Crippen LogP contribution in [-0.4, -0.2) is 42.1 Å². The summed E-state index contributed by atoms with van der Waals surface area (Å²) >= 11 is 1.17. The van der Waals surface area contributed by atoms with Crippen LogP contribution in [0.25, 0.3) is 11.3 Å². The van der Waals surface area contributed by atoms with E-state index >= 15 is 0 Å². The molecule has 0 aromatic carbocycles. The largest absolute Gasteiger partial charge is 0.377 e. The third kappa shape index (κ3) is 4.11. The molecule has 1 aliphatic rings. The maximum Gasteiger partial charge on any atom is 0.253 e. The Labute approximate surface area is 161 Å². The highest BCUT2D eigenvalue weighted by Gasteiger charge is 2.31. The Bertz CT molecular complexity index is 965. The van der Waals surface area contributed by atoms with Crippen LogP contribution in [0.15, 0.2) is 56.8 Å². The Kier molecular flexibility index (Phi) is 5.35. The minimum absolute atomic E-state index is 0.0859. The topological polar surface area (TPSA) is 85.5 Å². The third-order valence-corrected chi connectivity index (χ3v) is 7.61. The Morgan fingerprint density at radius 2 is 2.19 bits per heavy atom. The summed E-state index contributed by atoms with van der Waals surface area (Å²) in [5.41, 5.74) is 1.40. The van der Waals surface area contributed by atoms with Gasteiger partial charge in [0, 0.05) is 36.4 Å². The zero-order chi connectivity index (χ0) is 18.7. The first-order valence-corrected chi connectivity index (χ1v) is 11.0. The molecular weight excluding hydrogens is 386 g/mol. The molecule has 0 saturated carbocycles. The SMILES string of the molecule is O=S(=O)(c1cc(-c2ccno2)cs1)N(Cc1ccccn1)CC1CCCO1. The van der Waals surface area contributed by atoms with Crippen molar-refractivity contribution in [2.45, 2.75) is 29.7 Å². The van der Waals surface area contributed by atoms with Crippen molar-refractivity contribution in [1.29, 1.82) is 0 Å². The predicted molar refractivity (Wildman–Crippen MR) is 101 cm³/mol. The number of pyridine rings is 1. The number of hydrogen-bond donors (Lipinski definition) is 0. The molecule has 1 unspecified atom stereocenters. The van der Waals surface area contributed by atoms with Gasteiger partial charge in [0.1, 0.15) is 4.21 Å². The summed E-state index contributed by atoms with van der Waals surface area (Å²) in [7, 11) is -3.69. The number of ether oxygens (including phenoxy) is 1.